The van der Waals surface area contributed by atoms with Crippen molar-refractivity contribution in [2.24, 2.45) is 0 Å². The first-order chi connectivity index (χ1) is 14.0. The summed E-state index contributed by atoms with van der Waals surface area (Å²) in [6, 6.07) is 12.3. The number of aryl methyl sites for hydroxylation is 1. The van der Waals surface area contributed by atoms with E-state index in [1.165, 1.54) is 15.3 Å². The molecule has 0 aliphatic carbocycles. The average Bonchev–Trinajstić information content (AvgIpc) is 3.37. The van der Waals surface area contributed by atoms with Gasteiger partial charge in [0.2, 0.25) is 0 Å². The van der Waals surface area contributed by atoms with Crippen molar-refractivity contribution in [1.82, 2.24) is 24.4 Å². The molecule has 4 aromatic heterocycles. The highest BCUT2D eigenvalue weighted by Crippen LogP contribution is 2.28. The van der Waals surface area contributed by atoms with Crippen LogP contribution in [0.25, 0.3) is 27.0 Å². The highest BCUT2D eigenvalue weighted by atomic mass is 32.1. The molecule has 144 valence electrons. The molecule has 5 rings (SSSR count). The monoisotopic (exact) mass is 403 g/mol. The first-order valence-electron chi connectivity index (χ1n) is 9.17. The summed E-state index contributed by atoms with van der Waals surface area (Å²) in [7, 11) is 0. The standard InChI is InChI=1S/C21H17N5O2S/c1-12-19(17-8-5-9-29-17)24-26-18(27)10-16(23-20(12)26)13(2)25-21(28)15-7-4-3-6-14(15)11-22-25/h3-11,13,24H,1-2H3/t13-/m0/s1. The number of H-pyrrole nitrogens is 1. The zero-order valence-corrected chi connectivity index (χ0v) is 16.6. The quantitative estimate of drug-likeness (QED) is 0.500. The molecule has 1 N–H and O–H groups in total. The number of hydrogen-bond acceptors (Lipinski definition) is 5. The van der Waals surface area contributed by atoms with Crippen LogP contribution in [0.4, 0.5) is 0 Å². The van der Waals surface area contributed by atoms with E-state index in [9.17, 15) is 9.59 Å². The Morgan fingerprint density at radius 2 is 1.97 bits per heavy atom. The van der Waals surface area contributed by atoms with Crippen LogP contribution >= 0.6 is 11.3 Å². The summed E-state index contributed by atoms with van der Waals surface area (Å²) < 4.78 is 2.82. The summed E-state index contributed by atoms with van der Waals surface area (Å²) in [4.78, 5) is 31.4. The molecule has 0 aliphatic heterocycles. The van der Waals surface area contributed by atoms with Gasteiger partial charge in [-0.3, -0.25) is 14.7 Å². The second kappa shape index (κ2) is 6.52. The number of rotatable bonds is 3. The van der Waals surface area contributed by atoms with Crippen molar-refractivity contribution in [1.29, 1.82) is 0 Å². The maximum Gasteiger partial charge on any atom is 0.275 e. The van der Waals surface area contributed by atoms with Gasteiger partial charge in [-0.2, -0.15) is 5.10 Å². The summed E-state index contributed by atoms with van der Waals surface area (Å²) in [6.45, 7) is 3.76. The van der Waals surface area contributed by atoms with Crippen molar-refractivity contribution >= 4 is 27.8 Å². The van der Waals surface area contributed by atoms with E-state index < -0.39 is 6.04 Å². The smallest absolute Gasteiger partial charge is 0.275 e. The van der Waals surface area contributed by atoms with E-state index in [0.717, 1.165) is 21.5 Å². The van der Waals surface area contributed by atoms with Crippen LogP contribution in [0.3, 0.4) is 0 Å². The topological polar surface area (TPSA) is 85.0 Å². The molecule has 0 fully saturated rings. The molecule has 0 radical (unpaired) electrons. The molecule has 0 saturated heterocycles. The Morgan fingerprint density at radius 3 is 2.76 bits per heavy atom. The van der Waals surface area contributed by atoms with Gasteiger partial charge in [-0.25, -0.2) is 14.2 Å². The van der Waals surface area contributed by atoms with Crippen molar-refractivity contribution < 1.29 is 0 Å². The molecule has 7 nitrogen and oxygen atoms in total. The Morgan fingerprint density at radius 1 is 1.14 bits per heavy atom. The SMILES string of the molecule is Cc1c(-c2cccs2)[nH]n2c(=O)cc([C@H](C)n3ncc4ccccc4c3=O)nc12. The van der Waals surface area contributed by atoms with Crippen molar-refractivity contribution in [3.63, 3.8) is 0 Å². The number of hydrogen-bond donors (Lipinski definition) is 1. The van der Waals surface area contributed by atoms with Crippen LogP contribution in [0.15, 0.2) is 63.6 Å². The Bertz CT molecular complexity index is 1480. The van der Waals surface area contributed by atoms with E-state index in [1.54, 1.807) is 23.6 Å². The van der Waals surface area contributed by atoms with Gasteiger partial charge >= 0.3 is 0 Å². The van der Waals surface area contributed by atoms with Gasteiger partial charge < -0.3 is 0 Å². The molecule has 29 heavy (non-hydrogen) atoms. The van der Waals surface area contributed by atoms with Crippen molar-refractivity contribution in [3.05, 3.63) is 86.0 Å². The van der Waals surface area contributed by atoms with Gasteiger partial charge in [-0.05, 0) is 31.4 Å². The highest BCUT2D eigenvalue weighted by Gasteiger charge is 2.19. The van der Waals surface area contributed by atoms with Gasteiger partial charge in [0.15, 0.2) is 5.65 Å². The molecule has 0 unspecified atom stereocenters. The van der Waals surface area contributed by atoms with E-state index in [2.05, 4.69) is 10.2 Å². The van der Waals surface area contributed by atoms with Crippen LogP contribution in [0.1, 0.15) is 24.2 Å². The van der Waals surface area contributed by atoms with Gasteiger partial charge in [0.05, 0.1) is 33.9 Å². The van der Waals surface area contributed by atoms with E-state index in [4.69, 9.17) is 4.98 Å². The molecule has 0 bridgehead atoms. The van der Waals surface area contributed by atoms with Crippen LogP contribution in [-0.4, -0.2) is 24.4 Å². The lowest BCUT2D eigenvalue weighted by Gasteiger charge is -2.14. The zero-order valence-electron chi connectivity index (χ0n) is 15.8. The van der Waals surface area contributed by atoms with Crippen LogP contribution in [0.2, 0.25) is 0 Å². The highest BCUT2D eigenvalue weighted by molar-refractivity contribution is 7.13. The molecule has 1 aromatic carbocycles. The maximum absolute atomic E-state index is 12.9. The number of nitrogens with one attached hydrogen (secondary N) is 1. The minimum Gasteiger partial charge on any atom is -0.288 e. The molecular formula is C21H17N5O2S. The van der Waals surface area contributed by atoms with Crippen molar-refractivity contribution in [2.75, 3.05) is 0 Å². The number of aromatic nitrogens is 5. The molecule has 0 saturated carbocycles. The predicted octanol–water partition coefficient (Wildman–Crippen LogP) is 3.38. The largest absolute Gasteiger partial charge is 0.288 e. The lowest BCUT2D eigenvalue weighted by Crippen LogP contribution is -2.28. The molecular weight excluding hydrogens is 386 g/mol. The van der Waals surface area contributed by atoms with Crippen LogP contribution in [0, 0.1) is 6.92 Å². The van der Waals surface area contributed by atoms with Gasteiger partial charge in [-0.15, -0.1) is 11.3 Å². The molecule has 4 heterocycles. The molecule has 5 aromatic rings. The third kappa shape index (κ3) is 2.72. The predicted molar refractivity (Wildman–Crippen MR) is 114 cm³/mol. The summed E-state index contributed by atoms with van der Waals surface area (Å²) in [5.74, 6) is 0. The lowest BCUT2D eigenvalue weighted by molar-refractivity contribution is 0.524. The average molecular weight is 403 g/mol. The van der Waals surface area contributed by atoms with Crippen molar-refractivity contribution in [3.8, 4) is 10.6 Å². The van der Waals surface area contributed by atoms with E-state index in [0.29, 0.717) is 16.7 Å². The minimum atomic E-state index is -0.482. The molecule has 8 heteroatoms. The van der Waals surface area contributed by atoms with E-state index in [-0.39, 0.29) is 11.1 Å². The van der Waals surface area contributed by atoms with Crippen LogP contribution < -0.4 is 11.1 Å². The third-order valence-electron chi connectivity index (χ3n) is 5.16. The summed E-state index contributed by atoms with van der Waals surface area (Å²) in [6.07, 6.45) is 1.66. The Balaban J connectivity index is 1.68. The fourth-order valence-electron chi connectivity index (χ4n) is 3.55. The molecule has 0 spiro atoms. The van der Waals surface area contributed by atoms with Gasteiger partial charge in [0, 0.05) is 17.0 Å². The fourth-order valence-corrected chi connectivity index (χ4v) is 4.33. The first-order valence-corrected chi connectivity index (χ1v) is 10.1. The van der Waals surface area contributed by atoms with E-state index in [1.807, 2.05) is 49.6 Å². The van der Waals surface area contributed by atoms with Crippen LogP contribution in [-0.2, 0) is 0 Å². The van der Waals surface area contributed by atoms with Crippen LogP contribution in [0.5, 0.6) is 0 Å². The molecule has 0 amide bonds. The zero-order chi connectivity index (χ0) is 20.1. The molecule has 1 atom stereocenters. The summed E-state index contributed by atoms with van der Waals surface area (Å²) in [5.41, 5.74) is 2.38. The van der Waals surface area contributed by atoms with Gasteiger partial charge in [-0.1, -0.05) is 24.3 Å². The normalized spacial score (nSPS) is 12.6. The number of thiophene rings is 1. The minimum absolute atomic E-state index is 0.206. The Labute approximate surface area is 168 Å². The van der Waals surface area contributed by atoms with Crippen molar-refractivity contribution in [2.45, 2.75) is 19.9 Å². The number of aromatic amines is 1. The summed E-state index contributed by atoms with van der Waals surface area (Å²) >= 11 is 1.59. The Kier molecular flexibility index (Phi) is 3.95. The number of nitrogens with zero attached hydrogens (tertiary/aromatic N) is 4. The summed E-state index contributed by atoms with van der Waals surface area (Å²) in [5, 5.41) is 10.8. The number of benzene rings is 1. The fraction of sp³-hybridized carbons (Fsp3) is 0.143. The second-order valence-electron chi connectivity index (χ2n) is 6.92. The first kappa shape index (κ1) is 17.6. The second-order valence-corrected chi connectivity index (χ2v) is 7.87. The third-order valence-corrected chi connectivity index (χ3v) is 6.04. The maximum atomic E-state index is 12.9. The van der Waals surface area contributed by atoms with E-state index >= 15 is 0 Å². The van der Waals surface area contributed by atoms with Gasteiger partial charge in [0.1, 0.15) is 0 Å². The lowest BCUT2D eigenvalue weighted by atomic mass is 10.2. The van der Waals surface area contributed by atoms with Gasteiger partial charge in [0.25, 0.3) is 11.1 Å². The number of fused-ring (bicyclic) bond motifs is 2. The Hall–Kier alpha value is -3.52. The molecule has 0 aliphatic rings.